The van der Waals surface area contributed by atoms with Crippen molar-refractivity contribution in [1.82, 2.24) is 9.88 Å². The van der Waals surface area contributed by atoms with Crippen molar-refractivity contribution in [3.63, 3.8) is 0 Å². The number of nitrogens with zero attached hydrogens (tertiary/aromatic N) is 2. The minimum atomic E-state index is -0.456. The molecule has 1 aliphatic heterocycles. The molecule has 5 nitrogen and oxygen atoms in total. The van der Waals surface area contributed by atoms with Gasteiger partial charge in [0.2, 0.25) is 5.91 Å². The van der Waals surface area contributed by atoms with Crippen LogP contribution in [0.15, 0.2) is 24.3 Å². The van der Waals surface area contributed by atoms with E-state index in [1.165, 1.54) is 5.56 Å². The summed E-state index contributed by atoms with van der Waals surface area (Å²) < 4.78 is 5.18. The van der Waals surface area contributed by atoms with E-state index < -0.39 is 6.04 Å². The second-order valence-corrected chi connectivity index (χ2v) is 8.19. The number of esters is 1. The van der Waals surface area contributed by atoms with E-state index in [2.05, 4.69) is 17.1 Å². The molecule has 0 aliphatic carbocycles. The van der Waals surface area contributed by atoms with Crippen molar-refractivity contribution in [2.45, 2.75) is 52.5 Å². The number of benzene rings is 1. The molecule has 144 valence electrons. The van der Waals surface area contributed by atoms with Gasteiger partial charge in [0.15, 0.2) is 0 Å². The molecule has 1 saturated heterocycles. The summed E-state index contributed by atoms with van der Waals surface area (Å²) in [5.74, 6) is -0.311. The second kappa shape index (κ2) is 8.65. The number of carbonyl (C=O) groups excluding carboxylic acids is 2. The first-order valence-corrected chi connectivity index (χ1v) is 10.3. The number of likely N-dealkylation sites (tertiary alicyclic amines) is 1. The minimum Gasteiger partial charge on any atom is -0.464 e. The minimum absolute atomic E-state index is 0.0234. The van der Waals surface area contributed by atoms with Crippen molar-refractivity contribution in [2.24, 2.45) is 0 Å². The van der Waals surface area contributed by atoms with Crippen LogP contribution in [0.2, 0.25) is 0 Å². The molecule has 3 rings (SSSR count). The van der Waals surface area contributed by atoms with Crippen LogP contribution in [0.4, 0.5) is 0 Å². The molecule has 0 saturated carbocycles. The Balaban J connectivity index is 1.81. The Morgan fingerprint density at radius 3 is 2.67 bits per heavy atom. The smallest absolute Gasteiger partial charge is 0.328 e. The highest BCUT2D eigenvalue weighted by molar-refractivity contribution is 7.12. The van der Waals surface area contributed by atoms with Gasteiger partial charge in [0.1, 0.15) is 6.04 Å². The molecule has 0 radical (unpaired) electrons. The molecule has 0 spiro atoms. The SMILES string of the molecule is CCOC(=O)C1CCCCN1C(=O)Cc1sc(C)nc1-c1ccc(C)cc1. The molecule has 1 amide bonds. The van der Waals surface area contributed by atoms with Crippen molar-refractivity contribution in [3.8, 4) is 11.3 Å². The van der Waals surface area contributed by atoms with Gasteiger partial charge in [-0.15, -0.1) is 11.3 Å². The van der Waals surface area contributed by atoms with Gasteiger partial charge in [-0.1, -0.05) is 29.8 Å². The average molecular weight is 387 g/mol. The van der Waals surface area contributed by atoms with Crippen LogP contribution in [0.1, 0.15) is 41.6 Å². The summed E-state index contributed by atoms with van der Waals surface area (Å²) in [7, 11) is 0. The van der Waals surface area contributed by atoms with Crippen LogP contribution < -0.4 is 0 Å². The summed E-state index contributed by atoms with van der Waals surface area (Å²) >= 11 is 1.55. The number of carbonyl (C=O) groups is 2. The maximum Gasteiger partial charge on any atom is 0.328 e. The van der Waals surface area contributed by atoms with Gasteiger partial charge in [0.05, 0.1) is 23.7 Å². The van der Waals surface area contributed by atoms with Crippen molar-refractivity contribution in [3.05, 3.63) is 39.7 Å². The number of hydrogen-bond donors (Lipinski definition) is 0. The van der Waals surface area contributed by atoms with Gasteiger partial charge in [0.25, 0.3) is 0 Å². The lowest BCUT2D eigenvalue weighted by atomic mass is 10.0. The first-order chi connectivity index (χ1) is 13.0. The van der Waals surface area contributed by atoms with E-state index in [4.69, 9.17) is 4.74 Å². The van der Waals surface area contributed by atoms with E-state index in [1.54, 1.807) is 23.2 Å². The maximum atomic E-state index is 13.0. The Morgan fingerprint density at radius 2 is 1.96 bits per heavy atom. The fourth-order valence-corrected chi connectivity index (χ4v) is 4.43. The van der Waals surface area contributed by atoms with Crippen LogP contribution in [0.3, 0.4) is 0 Å². The van der Waals surface area contributed by atoms with Gasteiger partial charge < -0.3 is 9.64 Å². The van der Waals surface area contributed by atoms with E-state index >= 15 is 0 Å². The second-order valence-electron chi connectivity index (χ2n) is 6.90. The lowest BCUT2D eigenvalue weighted by molar-refractivity contribution is -0.156. The zero-order valence-corrected chi connectivity index (χ0v) is 17.0. The quantitative estimate of drug-likeness (QED) is 0.731. The molecule has 0 N–H and O–H groups in total. The van der Waals surface area contributed by atoms with E-state index in [-0.39, 0.29) is 18.3 Å². The molecule has 1 fully saturated rings. The molecule has 1 aliphatic rings. The van der Waals surface area contributed by atoms with E-state index in [0.29, 0.717) is 19.6 Å². The van der Waals surface area contributed by atoms with Crippen molar-refractivity contribution < 1.29 is 14.3 Å². The fraction of sp³-hybridized carbons (Fsp3) is 0.476. The first kappa shape index (κ1) is 19.5. The van der Waals surface area contributed by atoms with E-state index in [1.807, 2.05) is 26.0 Å². The molecule has 2 heterocycles. The highest BCUT2D eigenvalue weighted by atomic mass is 32.1. The highest BCUT2D eigenvalue weighted by Gasteiger charge is 2.33. The molecule has 1 unspecified atom stereocenters. The number of amides is 1. The van der Waals surface area contributed by atoms with Crippen molar-refractivity contribution >= 4 is 23.2 Å². The fourth-order valence-electron chi connectivity index (χ4n) is 3.48. The summed E-state index contributed by atoms with van der Waals surface area (Å²) in [4.78, 5) is 32.6. The number of ether oxygens (including phenoxy) is 1. The number of thiazole rings is 1. The van der Waals surface area contributed by atoms with Gasteiger partial charge >= 0.3 is 5.97 Å². The Bertz CT molecular complexity index is 813. The normalized spacial score (nSPS) is 17.0. The van der Waals surface area contributed by atoms with E-state index in [0.717, 1.165) is 34.0 Å². The lowest BCUT2D eigenvalue weighted by Crippen LogP contribution is -2.49. The van der Waals surface area contributed by atoms with Crippen LogP contribution in [-0.4, -0.2) is 41.0 Å². The van der Waals surface area contributed by atoms with Crippen LogP contribution in [0.5, 0.6) is 0 Å². The molecule has 27 heavy (non-hydrogen) atoms. The molecule has 0 bridgehead atoms. The summed E-state index contributed by atoms with van der Waals surface area (Å²) in [6.07, 6.45) is 2.82. The Kier molecular flexibility index (Phi) is 6.26. The first-order valence-electron chi connectivity index (χ1n) is 9.49. The molecule has 1 atom stereocenters. The van der Waals surface area contributed by atoms with Crippen LogP contribution in [0.25, 0.3) is 11.3 Å². The van der Waals surface area contributed by atoms with Gasteiger partial charge in [-0.3, -0.25) is 4.79 Å². The lowest BCUT2D eigenvalue weighted by Gasteiger charge is -2.34. The molecule has 1 aromatic heterocycles. The monoisotopic (exact) mass is 386 g/mol. The molecular weight excluding hydrogens is 360 g/mol. The van der Waals surface area contributed by atoms with Gasteiger partial charge in [-0.05, 0) is 40.0 Å². The third kappa shape index (κ3) is 4.56. The maximum absolute atomic E-state index is 13.0. The Labute approximate surface area is 164 Å². The van der Waals surface area contributed by atoms with Crippen LogP contribution in [-0.2, 0) is 20.7 Å². The zero-order chi connectivity index (χ0) is 19.4. The molecule has 1 aromatic carbocycles. The van der Waals surface area contributed by atoms with Crippen LogP contribution in [0, 0.1) is 13.8 Å². The predicted octanol–water partition coefficient (Wildman–Crippen LogP) is 3.91. The average Bonchev–Trinajstić information content (AvgIpc) is 3.02. The van der Waals surface area contributed by atoms with E-state index in [9.17, 15) is 9.59 Å². The topological polar surface area (TPSA) is 59.5 Å². The number of aryl methyl sites for hydroxylation is 2. The zero-order valence-electron chi connectivity index (χ0n) is 16.2. The van der Waals surface area contributed by atoms with Gasteiger partial charge in [-0.25, -0.2) is 9.78 Å². The van der Waals surface area contributed by atoms with Gasteiger partial charge in [-0.2, -0.15) is 0 Å². The van der Waals surface area contributed by atoms with Crippen molar-refractivity contribution in [2.75, 3.05) is 13.2 Å². The number of piperidine rings is 1. The Morgan fingerprint density at radius 1 is 1.22 bits per heavy atom. The standard InChI is InChI=1S/C21H26N2O3S/c1-4-26-21(25)17-7-5-6-12-23(17)19(24)13-18-20(22-15(3)27-18)16-10-8-14(2)9-11-16/h8-11,17H,4-7,12-13H2,1-3H3. The summed E-state index contributed by atoms with van der Waals surface area (Å²) in [5.41, 5.74) is 3.08. The number of aromatic nitrogens is 1. The van der Waals surface area contributed by atoms with Gasteiger partial charge in [0, 0.05) is 17.0 Å². The largest absolute Gasteiger partial charge is 0.464 e. The van der Waals surface area contributed by atoms with Crippen molar-refractivity contribution in [1.29, 1.82) is 0 Å². The summed E-state index contributed by atoms with van der Waals surface area (Å²) in [6.45, 7) is 6.74. The third-order valence-electron chi connectivity index (χ3n) is 4.82. The number of hydrogen-bond acceptors (Lipinski definition) is 5. The van der Waals surface area contributed by atoms with Crippen LogP contribution >= 0.6 is 11.3 Å². The summed E-state index contributed by atoms with van der Waals surface area (Å²) in [6, 6.07) is 7.73. The molecular formula is C21H26N2O3S. The summed E-state index contributed by atoms with van der Waals surface area (Å²) in [5, 5.41) is 0.939. The Hall–Kier alpha value is -2.21. The number of rotatable bonds is 5. The molecule has 6 heteroatoms. The highest BCUT2D eigenvalue weighted by Crippen LogP contribution is 2.30. The molecule has 2 aromatic rings. The third-order valence-corrected chi connectivity index (χ3v) is 5.79. The predicted molar refractivity (Wildman–Crippen MR) is 107 cm³/mol.